The van der Waals surface area contributed by atoms with E-state index < -0.39 is 14.9 Å². The molecule has 0 unspecified atom stereocenters. The van der Waals surface area contributed by atoms with E-state index in [0.29, 0.717) is 13.1 Å². The van der Waals surface area contributed by atoms with Gasteiger partial charge in [0.2, 0.25) is 0 Å². The number of rotatable bonds is 3. The minimum Gasteiger partial charge on any atom is -0.258 e. The van der Waals surface area contributed by atoms with Crippen molar-refractivity contribution in [3.8, 4) is 0 Å². The molecule has 6 nitrogen and oxygen atoms in total. The van der Waals surface area contributed by atoms with Crippen LogP contribution in [0.25, 0.3) is 0 Å². The third-order valence-corrected chi connectivity index (χ3v) is 7.42. The molecule has 0 N–H and O–H groups in total. The number of halogens is 1. The molecule has 1 saturated heterocycles. The number of hydrogen-bond donors (Lipinski definition) is 0. The largest absolute Gasteiger partial charge is 0.300 e. The van der Waals surface area contributed by atoms with Crippen molar-refractivity contribution >= 4 is 38.6 Å². The molecule has 0 amide bonds. The smallest absolute Gasteiger partial charge is 0.258 e. The SMILES string of the molecule is CC1(C)CCCN(S(=O)(=O)c2cc([N+](=O)[O-])c(Cl)s2)CC1. The summed E-state index contributed by atoms with van der Waals surface area (Å²) in [5, 5.41) is 10.8. The Labute approximate surface area is 132 Å². The minimum absolute atomic E-state index is 0.0566. The van der Waals surface area contributed by atoms with Crippen LogP contribution in [0, 0.1) is 15.5 Å². The highest BCUT2D eigenvalue weighted by Crippen LogP contribution is 2.39. The van der Waals surface area contributed by atoms with Crippen molar-refractivity contribution in [1.82, 2.24) is 4.31 Å². The molecule has 1 aliphatic rings. The molecule has 0 radical (unpaired) electrons. The van der Waals surface area contributed by atoms with Crippen molar-refractivity contribution in [1.29, 1.82) is 0 Å². The molecule has 1 aromatic rings. The Morgan fingerprint density at radius 1 is 1.38 bits per heavy atom. The lowest BCUT2D eigenvalue weighted by Crippen LogP contribution is -2.32. The summed E-state index contributed by atoms with van der Waals surface area (Å²) in [4.78, 5) is 10.1. The van der Waals surface area contributed by atoms with Gasteiger partial charge in [0.1, 0.15) is 4.21 Å². The van der Waals surface area contributed by atoms with Gasteiger partial charge >= 0.3 is 0 Å². The van der Waals surface area contributed by atoms with Gasteiger partial charge in [-0.1, -0.05) is 25.4 Å². The summed E-state index contributed by atoms with van der Waals surface area (Å²) in [6.07, 6.45) is 2.52. The summed E-state index contributed by atoms with van der Waals surface area (Å²) < 4.78 is 26.4. The predicted molar refractivity (Wildman–Crippen MR) is 82.4 cm³/mol. The maximum atomic E-state index is 12.6. The first-order valence-corrected chi connectivity index (χ1v) is 9.21. The first-order chi connectivity index (χ1) is 9.63. The van der Waals surface area contributed by atoms with E-state index in [2.05, 4.69) is 13.8 Å². The van der Waals surface area contributed by atoms with E-state index in [1.54, 1.807) is 0 Å². The molecule has 0 saturated carbocycles. The lowest BCUT2D eigenvalue weighted by Gasteiger charge is -2.22. The van der Waals surface area contributed by atoms with Crippen LogP contribution in [0.4, 0.5) is 5.69 Å². The Bertz CT molecular complexity index is 654. The molecule has 1 fully saturated rings. The van der Waals surface area contributed by atoms with Crippen molar-refractivity contribution in [2.75, 3.05) is 13.1 Å². The van der Waals surface area contributed by atoms with Crippen molar-refractivity contribution in [2.45, 2.75) is 37.3 Å². The summed E-state index contributed by atoms with van der Waals surface area (Å²) in [5.74, 6) is 0. The zero-order chi connectivity index (χ0) is 15.8. The molecule has 0 atom stereocenters. The van der Waals surface area contributed by atoms with Gasteiger partial charge < -0.3 is 0 Å². The van der Waals surface area contributed by atoms with Gasteiger partial charge in [0.15, 0.2) is 4.34 Å². The van der Waals surface area contributed by atoms with Crippen molar-refractivity contribution in [3.05, 3.63) is 20.5 Å². The lowest BCUT2D eigenvalue weighted by atomic mass is 9.85. The van der Waals surface area contributed by atoms with E-state index in [-0.39, 0.29) is 19.6 Å². The third-order valence-electron chi connectivity index (χ3n) is 3.74. The number of nitrogens with zero attached hydrogens (tertiary/aromatic N) is 2. The van der Waals surface area contributed by atoms with Crippen LogP contribution in [0.15, 0.2) is 10.3 Å². The highest BCUT2D eigenvalue weighted by atomic mass is 35.5. The van der Waals surface area contributed by atoms with Gasteiger partial charge in [-0.25, -0.2) is 8.42 Å². The molecule has 118 valence electrons. The monoisotopic (exact) mass is 352 g/mol. The summed E-state index contributed by atoms with van der Waals surface area (Å²) in [5.41, 5.74) is -0.237. The van der Waals surface area contributed by atoms with Gasteiger partial charge in [-0.2, -0.15) is 4.31 Å². The topological polar surface area (TPSA) is 80.5 Å². The van der Waals surface area contributed by atoms with E-state index in [4.69, 9.17) is 11.6 Å². The summed E-state index contributed by atoms with van der Waals surface area (Å²) in [6, 6.07) is 1.05. The van der Waals surface area contributed by atoms with Crippen molar-refractivity contribution in [2.24, 2.45) is 5.41 Å². The number of sulfonamides is 1. The predicted octanol–water partition coefficient (Wildman–Crippen LogP) is 3.51. The number of thiophene rings is 1. The Hall–Kier alpha value is -0.700. The fraction of sp³-hybridized carbons (Fsp3) is 0.667. The zero-order valence-electron chi connectivity index (χ0n) is 11.8. The highest BCUT2D eigenvalue weighted by molar-refractivity contribution is 7.91. The van der Waals surface area contributed by atoms with Crippen LogP contribution in [-0.4, -0.2) is 30.7 Å². The van der Waals surface area contributed by atoms with E-state index in [1.807, 2.05) is 0 Å². The van der Waals surface area contributed by atoms with Gasteiger partial charge in [-0.05, 0) is 24.7 Å². The molecule has 0 aromatic carbocycles. The minimum atomic E-state index is -3.71. The fourth-order valence-electron chi connectivity index (χ4n) is 2.36. The highest BCUT2D eigenvalue weighted by Gasteiger charge is 2.33. The van der Waals surface area contributed by atoms with Crippen molar-refractivity contribution < 1.29 is 13.3 Å². The summed E-state index contributed by atoms with van der Waals surface area (Å²) in [6.45, 7) is 5.11. The van der Waals surface area contributed by atoms with Gasteiger partial charge in [0.05, 0.1) is 4.92 Å². The third kappa shape index (κ3) is 3.56. The number of hydrogen-bond acceptors (Lipinski definition) is 5. The standard InChI is InChI=1S/C12H17ClN2O4S2/c1-12(2)4-3-6-14(7-5-12)21(18,19)10-8-9(15(16)17)11(13)20-10/h8H,3-7H2,1-2H3. The van der Waals surface area contributed by atoms with Gasteiger partial charge in [-0.3, -0.25) is 10.1 Å². The molecular formula is C12H17ClN2O4S2. The lowest BCUT2D eigenvalue weighted by molar-refractivity contribution is -0.384. The second-order valence-corrected chi connectivity index (χ2v) is 9.72. The van der Waals surface area contributed by atoms with Gasteiger partial charge in [-0.15, -0.1) is 11.3 Å². The molecule has 1 aliphatic heterocycles. The molecule has 0 spiro atoms. The van der Waals surface area contributed by atoms with Crippen LogP contribution in [0.3, 0.4) is 0 Å². The molecule has 0 aliphatic carbocycles. The van der Waals surface area contributed by atoms with Gasteiger partial charge in [0.25, 0.3) is 15.7 Å². The quantitative estimate of drug-likeness (QED) is 0.615. The average molecular weight is 353 g/mol. The summed E-state index contributed by atoms with van der Waals surface area (Å²) in [7, 11) is -3.71. The van der Waals surface area contributed by atoms with Crippen LogP contribution in [0.2, 0.25) is 4.34 Å². The fourth-order valence-corrected chi connectivity index (χ4v) is 5.65. The second kappa shape index (κ2) is 5.83. The van der Waals surface area contributed by atoms with E-state index in [0.717, 1.165) is 36.7 Å². The maximum Gasteiger partial charge on any atom is 0.300 e. The van der Waals surface area contributed by atoms with Crippen LogP contribution >= 0.6 is 22.9 Å². The van der Waals surface area contributed by atoms with E-state index in [9.17, 15) is 18.5 Å². The van der Waals surface area contributed by atoms with Crippen LogP contribution in [0.1, 0.15) is 33.1 Å². The first-order valence-electron chi connectivity index (χ1n) is 6.57. The molecular weight excluding hydrogens is 336 g/mol. The Morgan fingerprint density at radius 2 is 2.05 bits per heavy atom. The van der Waals surface area contributed by atoms with Crippen LogP contribution in [0.5, 0.6) is 0 Å². The molecule has 9 heteroatoms. The molecule has 0 bridgehead atoms. The van der Waals surface area contributed by atoms with E-state index in [1.165, 1.54) is 4.31 Å². The van der Waals surface area contributed by atoms with Crippen LogP contribution < -0.4 is 0 Å². The average Bonchev–Trinajstić information content (AvgIpc) is 2.66. The maximum absolute atomic E-state index is 12.6. The van der Waals surface area contributed by atoms with Gasteiger partial charge in [0, 0.05) is 19.2 Å². The Kier molecular flexibility index (Phi) is 4.63. The first kappa shape index (κ1) is 16.7. The van der Waals surface area contributed by atoms with Crippen LogP contribution in [-0.2, 0) is 10.0 Å². The second-order valence-electron chi connectivity index (χ2n) is 5.90. The summed E-state index contributed by atoms with van der Waals surface area (Å²) >= 11 is 6.50. The zero-order valence-corrected chi connectivity index (χ0v) is 14.2. The van der Waals surface area contributed by atoms with E-state index >= 15 is 0 Å². The molecule has 2 heterocycles. The van der Waals surface area contributed by atoms with Crippen molar-refractivity contribution in [3.63, 3.8) is 0 Å². The Morgan fingerprint density at radius 3 is 2.62 bits per heavy atom. The Balaban J connectivity index is 2.29. The molecule has 1 aromatic heterocycles. The normalized spacial score (nSPS) is 20.1. The number of nitro groups is 1. The molecule has 2 rings (SSSR count). The molecule has 21 heavy (non-hydrogen) atoms.